The molecule has 6 heteroatoms. The van der Waals surface area contributed by atoms with Crippen molar-refractivity contribution in [1.29, 1.82) is 0 Å². The van der Waals surface area contributed by atoms with Gasteiger partial charge in [-0.05, 0) is 12.8 Å². The van der Waals surface area contributed by atoms with Crippen LogP contribution in [0.4, 0.5) is 0 Å². The Morgan fingerprint density at radius 1 is 1.40 bits per heavy atom. The molecule has 15 heavy (non-hydrogen) atoms. The maximum atomic E-state index is 11.2. The largest absolute Gasteiger partial charge is 0.391 e. The highest BCUT2D eigenvalue weighted by Crippen LogP contribution is 2.27. The molecule has 0 saturated carbocycles. The topological polar surface area (TPSA) is 63.6 Å². The third-order valence-corrected chi connectivity index (χ3v) is 6.19. The van der Waals surface area contributed by atoms with Gasteiger partial charge in [0, 0.05) is 17.6 Å². The molecule has 3 atom stereocenters. The Hall–Kier alpha value is 0.220. The SMILES string of the molecule is O=S1(=O)CC(O)C(SCC2CCCO2)C1. The molecule has 0 aromatic rings. The van der Waals surface area contributed by atoms with Gasteiger partial charge >= 0.3 is 0 Å². The smallest absolute Gasteiger partial charge is 0.154 e. The van der Waals surface area contributed by atoms with Gasteiger partial charge in [-0.3, -0.25) is 0 Å². The van der Waals surface area contributed by atoms with Crippen LogP contribution in [0.3, 0.4) is 0 Å². The fourth-order valence-electron chi connectivity index (χ4n) is 1.96. The van der Waals surface area contributed by atoms with Crippen LogP contribution in [-0.2, 0) is 14.6 Å². The van der Waals surface area contributed by atoms with E-state index in [2.05, 4.69) is 0 Å². The first kappa shape index (κ1) is 11.7. The monoisotopic (exact) mass is 252 g/mol. The summed E-state index contributed by atoms with van der Waals surface area (Å²) in [5, 5.41) is 9.40. The van der Waals surface area contributed by atoms with E-state index in [1.54, 1.807) is 0 Å². The van der Waals surface area contributed by atoms with E-state index in [0.29, 0.717) is 0 Å². The summed E-state index contributed by atoms with van der Waals surface area (Å²) in [7, 11) is -3.00. The molecule has 2 fully saturated rings. The van der Waals surface area contributed by atoms with E-state index in [1.807, 2.05) is 0 Å². The van der Waals surface area contributed by atoms with Gasteiger partial charge in [-0.1, -0.05) is 0 Å². The predicted molar refractivity (Wildman–Crippen MR) is 59.9 cm³/mol. The van der Waals surface area contributed by atoms with Gasteiger partial charge in [-0.15, -0.1) is 0 Å². The predicted octanol–water partition coefficient (Wildman–Crippen LogP) is 0.0565. The second-order valence-corrected chi connectivity index (χ2v) is 7.58. The zero-order valence-corrected chi connectivity index (χ0v) is 10.1. The number of sulfone groups is 1. The molecule has 2 aliphatic rings. The summed E-state index contributed by atoms with van der Waals surface area (Å²) in [5.74, 6) is 0.846. The first-order chi connectivity index (χ1) is 7.07. The van der Waals surface area contributed by atoms with E-state index in [0.717, 1.165) is 25.2 Å². The fraction of sp³-hybridized carbons (Fsp3) is 1.00. The molecular weight excluding hydrogens is 236 g/mol. The third kappa shape index (κ3) is 3.09. The van der Waals surface area contributed by atoms with Gasteiger partial charge in [-0.2, -0.15) is 11.8 Å². The molecule has 4 nitrogen and oxygen atoms in total. The molecule has 0 bridgehead atoms. The average Bonchev–Trinajstić information content (AvgIpc) is 2.70. The van der Waals surface area contributed by atoms with E-state index in [-0.39, 0.29) is 22.9 Å². The number of hydrogen-bond donors (Lipinski definition) is 1. The van der Waals surface area contributed by atoms with Crippen LogP contribution < -0.4 is 0 Å². The second-order valence-electron chi connectivity index (χ2n) is 4.15. The zero-order chi connectivity index (χ0) is 10.9. The van der Waals surface area contributed by atoms with Crippen LogP contribution in [0.1, 0.15) is 12.8 Å². The molecule has 3 unspecified atom stereocenters. The highest BCUT2D eigenvalue weighted by molar-refractivity contribution is 8.01. The standard InChI is InChI=1S/C9H16O4S2/c10-8-5-15(11,12)6-9(8)14-4-7-2-1-3-13-7/h7-10H,1-6H2. The van der Waals surface area contributed by atoms with Crippen LogP contribution in [0.15, 0.2) is 0 Å². The minimum Gasteiger partial charge on any atom is -0.391 e. The van der Waals surface area contributed by atoms with Gasteiger partial charge in [0.15, 0.2) is 9.84 Å². The van der Waals surface area contributed by atoms with E-state index < -0.39 is 15.9 Å². The van der Waals surface area contributed by atoms with E-state index in [1.165, 1.54) is 11.8 Å². The number of aliphatic hydroxyl groups excluding tert-OH is 1. The van der Waals surface area contributed by atoms with Gasteiger partial charge in [-0.25, -0.2) is 8.42 Å². The fourth-order valence-corrected chi connectivity index (χ4v) is 5.75. The first-order valence-corrected chi connectivity index (χ1v) is 8.05. The van der Waals surface area contributed by atoms with Crippen LogP contribution in [0.2, 0.25) is 0 Å². The van der Waals surface area contributed by atoms with Crippen molar-refractivity contribution < 1.29 is 18.3 Å². The molecule has 88 valence electrons. The molecule has 0 aromatic heterocycles. The molecule has 2 heterocycles. The van der Waals surface area contributed by atoms with Crippen LogP contribution in [-0.4, -0.2) is 54.8 Å². The van der Waals surface area contributed by atoms with Gasteiger partial charge in [0.1, 0.15) is 0 Å². The average molecular weight is 252 g/mol. The highest BCUT2D eigenvalue weighted by atomic mass is 32.2. The summed E-state index contributed by atoms with van der Waals surface area (Å²) >= 11 is 1.54. The minimum absolute atomic E-state index is 0.0732. The summed E-state index contributed by atoms with van der Waals surface area (Å²) < 4.78 is 27.9. The molecule has 0 radical (unpaired) electrons. The lowest BCUT2D eigenvalue weighted by molar-refractivity contribution is 0.128. The maximum absolute atomic E-state index is 11.2. The van der Waals surface area contributed by atoms with Crippen molar-refractivity contribution in [2.75, 3.05) is 23.9 Å². The Balaban J connectivity index is 1.79. The van der Waals surface area contributed by atoms with Crippen LogP contribution >= 0.6 is 11.8 Å². The van der Waals surface area contributed by atoms with Gasteiger partial charge < -0.3 is 9.84 Å². The van der Waals surface area contributed by atoms with Crippen molar-refractivity contribution in [2.45, 2.75) is 30.3 Å². The van der Waals surface area contributed by atoms with Crippen molar-refractivity contribution in [3.63, 3.8) is 0 Å². The van der Waals surface area contributed by atoms with Crippen molar-refractivity contribution in [3.05, 3.63) is 0 Å². The molecule has 0 aliphatic carbocycles. The molecule has 0 amide bonds. The summed E-state index contributed by atoms with van der Waals surface area (Å²) in [5.41, 5.74) is 0. The van der Waals surface area contributed by atoms with Crippen molar-refractivity contribution in [2.24, 2.45) is 0 Å². The van der Waals surface area contributed by atoms with Crippen molar-refractivity contribution in [3.8, 4) is 0 Å². The quantitative estimate of drug-likeness (QED) is 0.769. The lowest BCUT2D eigenvalue weighted by atomic mass is 10.3. The Morgan fingerprint density at radius 3 is 2.73 bits per heavy atom. The Kier molecular flexibility index (Phi) is 3.59. The summed E-state index contributed by atoms with van der Waals surface area (Å²) in [6.45, 7) is 0.816. The number of hydrogen-bond acceptors (Lipinski definition) is 5. The lowest BCUT2D eigenvalue weighted by Gasteiger charge is -2.14. The normalized spacial score (nSPS) is 39.7. The number of aliphatic hydroxyl groups is 1. The molecule has 0 aromatic carbocycles. The van der Waals surface area contributed by atoms with Gasteiger partial charge in [0.05, 0.1) is 23.7 Å². The zero-order valence-electron chi connectivity index (χ0n) is 8.46. The van der Waals surface area contributed by atoms with Gasteiger partial charge in [0.25, 0.3) is 0 Å². The van der Waals surface area contributed by atoms with Crippen LogP contribution in [0.25, 0.3) is 0 Å². The van der Waals surface area contributed by atoms with E-state index in [9.17, 15) is 13.5 Å². The van der Waals surface area contributed by atoms with Gasteiger partial charge in [0.2, 0.25) is 0 Å². The third-order valence-electron chi connectivity index (χ3n) is 2.79. The van der Waals surface area contributed by atoms with E-state index in [4.69, 9.17) is 4.74 Å². The molecule has 0 spiro atoms. The molecular formula is C9H16O4S2. The number of ether oxygens (including phenoxy) is 1. The minimum atomic E-state index is -3.00. The Labute approximate surface area is 94.3 Å². The molecule has 2 aliphatic heterocycles. The Bertz CT molecular complexity index is 308. The van der Waals surface area contributed by atoms with Crippen molar-refractivity contribution >= 4 is 21.6 Å². The Morgan fingerprint density at radius 2 is 2.20 bits per heavy atom. The maximum Gasteiger partial charge on any atom is 0.154 e. The van der Waals surface area contributed by atoms with Crippen LogP contribution in [0, 0.1) is 0 Å². The first-order valence-electron chi connectivity index (χ1n) is 5.18. The van der Waals surface area contributed by atoms with E-state index >= 15 is 0 Å². The molecule has 1 N–H and O–H groups in total. The number of rotatable bonds is 3. The number of thioether (sulfide) groups is 1. The summed E-state index contributed by atoms with van der Waals surface area (Å²) in [4.78, 5) is 0. The second kappa shape index (κ2) is 4.61. The molecule has 2 saturated heterocycles. The van der Waals surface area contributed by atoms with Crippen molar-refractivity contribution in [1.82, 2.24) is 0 Å². The summed E-state index contributed by atoms with van der Waals surface area (Å²) in [6, 6.07) is 0. The van der Waals surface area contributed by atoms with Crippen LogP contribution in [0.5, 0.6) is 0 Å². The summed E-state index contributed by atoms with van der Waals surface area (Å²) in [6.07, 6.45) is 1.71. The molecule has 2 rings (SSSR count). The highest BCUT2D eigenvalue weighted by Gasteiger charge is 2.37. The lowest BCUT2D eigenvalue weighted by Crippen LogP contribution is -2.22.